The van der Waals surface area contributed by atoms with Crippen LogP contribution in [0.2, 0.25) is 5.02 Å². The van der Waals surface area contributed by atoms with Gasteiger partial charge in [-0.15, -0.1) is 0 Å². The van der Waals surface area contributed by atoms with Gasteiger partial charge in [-0.3, -0.25) is 4.79 Å². The molecule has 1 saturated carbocycles. The Kier molecular flexibility index (Phi) is 5.66. The van der Waals surface area contributed by atoms with E-state index in [0.717, 1.165) is 5.56 Å². The molecule has 1 fully saturated rings. The van der Waals surface area contributed by atoms with E-state index < -0.39 is 5.97 Å². The molecule has 6 heteroatoms. The molecule has 0 spiro atoms. The summed E-state index contributed by atoms with van der Waals surface area (Å²) in [7, 11) is 1.74. The molecule has 0 aromatic heterocycles. The summed E-state index contributed by atoms with van der Waals surface area (Å²) in [6, 6.07) is 7.34. The van der Waals surface area contributed by atoms with Crippen LogP contribution >= 0.6 is 11.6 Å². The maximum absolute atomic E-state index is 12.2. The summed E-state index contributed by atoms with van der Waals surface area (Å²) in [6.45, 7) is 0.483. The van der Waals surface area contributed by atoms with Crippen LogP contribution in [0.3, 0.4) is 0 Å². The monoisotopic (exact) mass is 324 g/mol. The zero-order valence-corrected chi connectivity index (χ0v) is 13.3. The van der Waals surface area contributed by atoms with Crippen molar-refractivity contribution in [1.82, 2.24) is 10.2 Å². The van der Waals surface area contributed by atoms with E-state index in [1.807, 2.05) is 18.2 Å². The van der Waals surface area contributed by atoms with Crippen molar-refractivity contribution in [3.63, 3.8) is 0 Å². The average Bonchev–Trinajstić information content (AvgIpc) is 2.47. The molecule has 0 radical (unpaired) electrons. The van der Waals surface area contributed by atoms with Crippen molar-refractivity contribution in [1.29, 1.82) is 0 Å². The predicted molar refractivity (Wildman–Crippen MR) is 84.8 cm³/mol. The summed E-state index contributed by atoms with van der Waals surface area (Å²) in [5, 5.41) is 12.6. The first-order chi connectivity index (χ1) is 10.5. The van der Waals surface area contributed by atoms with E-state index in [1.54, 1.807) is 18.0 Å². The Morgan fingerprint density at radius 1 is 1.32 bits per heavy atom. The third-order valence-electron chi connectivity index (χ3n) is 4.06. The van der Waals surface area contributed by atoms with E-state index in [4.69, 9.17) is 16.7 Å². The molecule has 0 bridgehead atoms. The number of halogens is 1. The minimum absolute atomic E-state index is 0.0601. The molecule has 5 nitrogen and oxygen atoms in total. The number of carboxylic acids is 1. The normalized spacial score (nSPS) is 21.2. The smallest absolute Gasteiger partial charge is 0.317 e. The molecular weight excluding hydrogens is 304 g/mol. The van der Waals surface area contributed by atoms with Crippen molar-refractivity contribution in [2.45, 2.75) is 38.3 Å². The summed E-state index contributed by atoms with van der Waals surface area (Å²) in [5.74, 6) is -1.000. The van der Waals surface area contributed by atoms with Crippen LogP contribution in [-0.2, 0) is 11.3 Å². The first-order valence-corrected chi connectivity index (χ1v) is 7.82. The lowest BCUT2D eigenvalue weighted by Crippen LogP contribution is -2.44. The number of hydrogen-bond acceptors (Lipinski definition) is 2. The number of aliphatic carboxylic acids is 1. The van der Waals surface area contributed by atoms with Crippen molar-refractivity contribution in [3.05, 3.63) is 34.9 Å². The van der Waals surface area contributed by atoms with Gasteiger partial charge in [-0.1, -0.05) is 23.7 Å². The fourth-order valence-corrected chi connectivity index (χ4v) is 2.96. The molecule has 22 heavy (non-hydrogen) atoms. The highest BCUT2D eigenvalue weighted by molar-refractivity contribution is 6.30. The fraction of sp³-hybridized carbons (Fsp3) is 0.500. The summed E-state index contributed by atoms with van der Waals surface area (Å²) < 4.78 is 0. The van der Waals surface area contributed by atoms with Gasteiger partial charge in [-0.2, -0.15) is 0 Å². The van der Waals surface area contributed by atoms with E-state index in [2.05, 4.69) is 5.32 Å². The molecule has 0 heterocycles. The number of carbonyl (C=O) groups excluding carboxylic acids is 1. The molecule has 120 valence electrons. The summed E-state index contributed by atoms with van der Waals surface area (Å²) in [6.07, 6.45) is 2.68. The second kappa shape index (κ2) is 7.49. The first-order valence-electron chi connectivity index (χ1n) is 7.44. The molecule has 0 atom stereocenters. The van der Waals surface area contributed by atoms with Crippen molar-refractivity contribution in [2.75, 3.05) is 7.05 Å². The third-order valence-corrected chi connectivity index (χ3v) is 4.29. The molecular formula is C16H21ClN2O3. The Morgan fingerprint density at radius 3 is 2.59 bits per heavy atom. The molecule has 0 saturated heterocycles. The van der Waals surface area contributed by atoms with Crippen molar-refractivity contribution in [3.8, 4) is 0 Å². The maximum atomic E-state index is 12.2. The highest BCUT2D eigenvalue weighted by Gasteiger charge is 2.27. The number of carbonyl (C=O) groups is 2. The summed E-state index contributed by atoms with van der Waals surface area (Å²) in [5.41, 5.74) is 0.972. The highest BCUT2D eigenvalue weighted by Crippen LogP contribution is 2.24. The first kappa shape index (κ1) is 16.6. The molecule has 2 rings (SSSR count). The standard InChI is InChI=1S/C16H21ClN2O3/c1-19(10-11-3-2-4-13(17)9-11)16(22)18-14-7-5-12(6-8-14)15(20)21/h2-4,9,12,14H,5-8,10H2,1H3,(H,18,22)(H,20,21). The lowest BCUT2D eigenvalue weighted by atomic mass is 9.86. The van der Waals surface area contributed by atoms with Crippen LogP contribution in [0.15, 0.2) is 24.3 Å². The van der Waals surface area contributed by atoms with Gasteiger partial charge in [0.05, 0.1) is 5.92 Å². The lowest BCUT2D eigenvalue weighted by Gasteiger charge is -2.28. The topological polar surface area (TPSA) is 69.6 Å². The quantitative estimate of drug-likeness (QED) is 0.894. The number of benzene rings is 1. The van der Waals surface area contributed by atoms with E-state index in [0.29, 0.717) is 37.3 Å². The SMILES string of the molecule is CN(Cc1cccc(Cl)c1)C(=O)NC1CCC(C(=O)O)CC1. The Morgan fingerprint density at radius 2 is 2.00 bits per heavy atom. The van der Waals surface area contributed by atoms with E-state index in [1.165, 1.54) is 0 Å². The molecule has 0 aliphatic heterocycles. The molecule has 2 amide bonds. The summed E-state index contributed by atoms with van der Waals surface area (Å²) >= 11 is 5.94. The van der Waals surface area contributed by atoms with Gasteiger partial charge in [-0.05, 0) is 43.4 Å². The number of rotatable bonds is 4. The van der Waals surface area contributed by atoms with Crippen LogP contribution in [0.25, 0.3) is 0 Å². The van der Waals surface area contributed by atoms with Crippen molar-refractivity contribution < 1.29 is 14.7 Å². The minimum Gasteiger partial charge on any atom is -0.481 e. The number of carboxylic acid groups (broad SMARTS) is 1. The Balaban J connectivity index is 1.81. The lowest BCUT2D eigenvalue weighted by molar-refractivity contribution is -0.142. The van der Waals surface area contributed by atoms with E-state index >= 15 is 0 Å². The predicted octanol–water partition coefficient (Wildman–Crippen LogP) is 3.12. The van der Waals surface area contributed by atoms with E-state index in [-0.39, 0.29) is 18.0 Å². The Bertz CT molecular complexity index is 542. The number of urea groups is 1. The highest BCUT2D eigenvalue weighted by atomic mass is 35.5. The molecule has 1 aromatic carbocycles. The number of nitrogens with zero attached hydrogens (tertiary/aromatic N) is 1. The fourth-order valence-electron chi connectivity index (χ4n) is 2.75. The van der Waals surface area contributed by atoms with Gasteiger partial charge in [0, 0.05) is 24.7 Å². The number of nitrogens with one attached hydrogen (secondary N) is 1. The average molecular weight is 325 g/mol. The van der Waals surface area contributed by atoms with Crippen molar-refractivity contribution in [2.24, 2.45) is 5.92 Å². The number of hydrogen-bond donors (Lipinski definition) is 2. The molecule has 1 aromatic rings. The minimum atomic E-state index is -0.733. The van der Waals surface area contributed by atoms with Gasteiger partial charge in [0.25, 0.3) is 0 Å². The Hall–Kier alpha value is -1.75. The van der Waals surface area contributed by atoms with Crippen LogP contribution in [0, 0.1) is 5.92 Å². The van der Waals surface area contributed by atoms with Gasteiger partial charge in [0.15, 0.2) is 0 Å². The van der Waals surface area contributed by atoms with Crippen LogP contribution in [0.4, 0.5) is 4.79 Å². The zero-order valence-electron chi connectivity index (χ0n) is 12.6. The molecule has 1 aliphatic rings. The second-order valence-electron chi connectivity index (χ2n) is 5.82. The maximum Gasteiger partial charge on any atom is 0.317 e. The van der Waals surface area contributed by atoms with Crippen LogP contribution < -0.4 is 5.32 Å². The van der Waals surface area contributed by atoms with Crippen LogP contribution in [0.5, 0.6) is 0 Å². The molecule has 0 unspecified atom stereocenters. The Labute approximate surface area is 135 Å². The van der Waals surface area contributed by atoms with Gasteiger partial charge in [-0.25, -0.2) is 4.79 Å². The molecule has 1 aliphatic carbocycles. The van der Waals surface area contributed by atoms with E-state index in [9.17, 15) is 9.59 Å². The van der Waals surface area contributed by atoms with Crippen LogP contribution in [0.1, 0.15) is 31.2 Å². The number of amides is 2. The summed E-state index contributed by atoms with van der Waals surface area (Å²) in [4.78, 5) is 24.7. The van der Waals surface area contributed by atoms with Crippen molar-refractivity contribution >= 4 is 23.6 Å². The van der Waals surface area contributed by atoms with Crippen LogP contribution in [-0.4, -0.2) is 35.1 Å². The zero-order chi connectivity index (χ0) is 16.1. The largest absolute Gasteiger partial charge is 0.481 e. The van der Waals surface area contributed by atoms with Gasteiger partial charge < -0.3 is 15.3 Å². The van der Waals surface area contributed by atoms with Gasteiger partial charge in [0.2, 0.25) is 0 Å². The van der Waals surface area contributed by atoms with Gasteiger partial charge >= 0.3 is 12.0 Å². The molecule has 2 N–H and O–H groups in total. The second-order valence-corrected chi connectivity index (χ2v) is 6.26. The van der Waals surface area contributed by atoms with Gasteiger partial charge in [0.1, 0.15) is 0 Å². The third kappa shape index (κ3) is 4.63.